The molecule has 0 spiro atoms. The van der Waals surface area contributed by atoms with E-state index in [1.807, 2.05) is 54.6 Å². The average molecular weight is 296 g/mol. The van der Waals surface area contributed by atoms with Crippen molar-refractivity contribution in [2.24, 2.45) is 5.92 Å². The highest BCUT2D eigenvalue weighted by Crippen LogP contribution is 2.38. The monoisotopic (exact) mass is 296 g/mol. The number of aliphatic hydroxyl groups excluding tert-OH is 1. The minimum atomic E-state index is -0.849. The summed E-state index contributed by atoms with van der Waals surface area (Å²) in [5.41, 5.74) is 2.96. The quantitative estimate of drug-likeness (QED) is 0.904. The average Bonchev–Trinajstić information content (AvgIpc) is 2.95. The topological polar surface area (TPSA) is 57.5 Å². The predicted octanol–water partition coefficient (Wildman–Crippen LogP) is 3.68. The maximum atomic E-state index is 11.7. The number of carboxylic acid groups (broad SMARTS) is 1. The number of aliphatic hydroxyl groups is 1. The molecule has 3 rings (SSSR count). The van der Waals surface area contributed by atoms with Crippen LogP contribution in [0.3, 0.4) is 0 Å². The number of rotatable bonds is 4. The van der Waals surface area contributed by atoms with E-state index >= 15 is 0 Å². The molecule has 1 fully saturated rings. The maximum Gasteiger partial charge on any atom is 0.311 e. The second-order valence-electron chi connectivity index (χ2n) is 5.97. The van der Waals surface area contributed by atoms with Crippen molar-refractivity contribution < 1.29 is 15.0 Å². The lowest BCUT2D eigenvalue weighted by Crippen LogP contribution is -2.27. The fraction of sp³-hybridized carbons (Fsp3) is 0.316. The SMILES string of the molecule is O=C(O)C(c1ccc(-c2ccccc2)cc1)C1CCCC1O. The number of hydrogen-bond acceptors (Lipinski definition) is 2. The van der Waals surface area contributed by atoms with E-state index in [9.17, 15) is 15.0 Å². The summed E-state index contributed by atoms with van der Waals surface area (Å²) in [6.07, 6.45) is 1.88. The van der Waals surface area contributed by atoms with Gasteiger partial charge in [0.05, 0.1) is 12.0 Å². The molecule has 1 saturated carbocycles. The lowest BCUT2D eigenvalue weighted by atomic mass is 9.83. The van der Waals surface area contributed by atoms with Crippen molar-refractivity contribution in [2.75, 3.05) is 0 Å². The molecule has 0 aliphatic heterocycles. The number of benzene rings is 2. The predicted molar refractivity (Wildman–Crippen MR) is 85.6 cm³/mol. The highest BCUT2D eigenvalue weighted by atomic mass is 16.4. The number of hydrogen-bond donors (Lipinski definition) is 2. The van der Waals surface area contributed by atoms with Gasteiger partial charge in [0.1, 0.15) is 0 Å². The van der Waals surface area contributed by atoms with E-state index in [1.54, 1.807) is 0 Å². The third kappa shape index (κ3) is 2.90. The van der Waals surface area contributed by atoms with E-state index in [1.165, 1.54) is 0 Å². The normalized spacial score (nSPS) is 22.4. The summed E-state index contributed by atoms with van der Waals surface area (Å²) in [6, 6.07) is 17.7. The Balaban J connectivity index is 1.88. The van der Waals surface area contributed by atoms with Crippen molar-refractivity contribution in [3.63, 3.8) is 0 Å². The van der Waals surface area contributed by atoms with Gasteiger partial charge in [0.15, 0.2) is 0 Å². The summed E-state index contributed by atoms with van der Waals surface area (Å²) < 4.78 is 0. The van der Waals surface area contributed by atoms with Crippen LogP contribution in [0, 0.1) is 5.92 Å². The summed E-state index contributed by atoms with van der Waals surface area (Å²) >= 11 is 0. The van der Waals surface area contributed by atoms with E-state index in [4.69, 9.17) is 0 Å². The molecule has 3 heteroatoms. The van der Waals surface area contributed by atoms with Crippen LogP contribution in [0.5, 0.6) is 0 Å². The molecule has 0 saturated heterocycles. The van der Waals surface area contributed by atoms with Crippen molar-refractivity contribution in [1.29, 1.82) is 0 Å². The summed E-state index contributed by atoms with van der Waals surface area (Å²) in [7, 11) is 0. The second-order valence-corrected chi connectivity index (χ2v) is 5.97. The first kappa shape index (κ1) is 14.8. The number of carbonyl (C=O) groups is 1. The molecule has 0 heterocycles. The molecule has 114 valence electrons. The largest absolute Gasteiger partial charge is 0.481 e. The van der Waals surface area contributed by atoms with E-state index in [2.05, 4.69) is 0 Å². The zero-order valence-corrected chi connectivity index (χ0v) is 12.4. The first-order valence-corrected chi connectivity index (χ1v) is 7.73. The molecule has 0 radical (unpaired) electrons. The molecular formula is C19H20O3. The molecule has 22 heavy (non-hydrogen) atoms. The van der Waals surface area contributed by atoms with Crippen LogP contribution in [-0.2, 0) is 4.79 Å². The minimum Gasteiger partial charge on any atom is -0.481 e. The van der Waals surface area contributed by atoms with Gasteiger partial charge in [0.2, 0.25) is 0 Å². The fourth-order valence-electron chi connectivity index (χ4n) is 3.44. The van der Waals surface area contributed by atoms with Crippen LogP contribution in [0.25, 0.3) is 11.1 Å². The van der Waals surface area contributed by atoms with Crippen LogP contribution in [0.4, 0.5) is 0 Å². The Kier molecular flexibility index (Phi) is 4.25. The van der Waals surface area contributed by atoms with Crippen LogP contribution in [0.15, 0.2) is 54.6 Å². The Morgan fingerprint density at radius 1 is 0.955 bits per heavy atom. The van der Waals surface area contributed by atoms with Gasteiger partial charge >= 0.3 is 5.97 Å². The van der Waals surface area contributed by atoms with Crippen molar-refractivity contribution >= 4 is 5.97 Å². The first-order chi connectivity index (χ1) is 10.7. The summed E-state index contributed by atoms with van der Waals surface area (Å²) in [5, 5.41) is 19.6. The van der Waals surface area contributed by atoms with Crippen molar-refractivity contribution in [3.8, 4) is 11.1 Å². The zero-order chi connectivity index (χ0) is 15.5. The van der Waals surface area contributed by atoms with Gasteiger partial charge in [-0.3, -0.25) is 4.79 Å². The summed E-state index contributed by atoms with van der Waals surface area (Å²) in [6.45, 7) is 0. The van der Waals surface area contributed by atoms with E-state index < -0.39 is 18.0 Å². The zero-order valence-electron chi connectivity index (χ0n) is 12.4. The Bertz CT molecular complexity index is 633. The molecule has 0 aromatic heterocycles. The van der Waals surface area contributed by atoms with Gasteiger partial charge in [0, 0.05) is 5.92 Å². The molecule has 3 atom stereocenters. The van der Waals surface area contributed by atoms with E-state index in [0.717, 1.165) is 29.5 Å². The lowest BCUT2D eigenvalue weighted by molar-refractivity contribution is -0.141. The highest BCUT2D eigenvalue weighted by Gasteiger charge is 2.37. The third-order valence-electron chi connectivity index (χ3n) is 4.60. The van der Waals surface area contributed by atoms with Gasteiger partial charge in [-0.15, -0.1) is 0 Å². The van der Waals surface area contributed by atoms with E-state index in [-0.39, 0.29) is 5.92 Å². The number of carboxylic acids is 1. The molecule has 2 aromatic rings. The van der Waals surface area contributed by atoms with Gasteiger partial charge in [-0.25, -0.2) is 0 Å². The second kappa shape index (κ2) is 6.32. The molecule has 0 bridgehead atoms. The van der Waals surface area contributed by atoms with E-state index in [0.29, 0.717) is 6.42 Å². The van der Waals surface area contributed by atoms with Crippen LogP contribution in [-0.4, -0.2) is 22.3 Å². The van der Waals surface area contributed by atoms with Crippen LogP contribution in [0.2, 0.25) is 0 Å². The molecule has 0 amide bonds. The van der Waals surface area contributed by atoms with Crippen LogP contribution in [0.1, 0.15) is 30.7 Å². The van der Waals surface area contributed by atoms with Crippen LogP contribution < -0.4 is 0 Å². The van der Waals surface area contributed by atoms with Gasteiger partial charge in [-0.05, 0) is 29.5 Å². The Hall–Kier alpha value is -2.13. The minimum absolute atomic E-state index is 0.180. The standard InChI is InChI=1S/C19H20O3/c20-17-8-4-7-16(17)18(19(21)22)15-11-9-14(10-12-15)13-5-2-1-3-6-13/h1-3,5-6,9-12,16-18,20H,4,7-8H2,(H,21,22). The van der Waals surface area contributed by atoms with Gasteiger partial charge < -0.3 is 10.2 Å². The summed E-state index contributed by atoms with van der Waals surface area (Å²) in [5.74, 6) is -1.65. The molecular weight excluding hydrogens is 276 g/mol. The molecule has 3 nitrogen and oxygen atoms in total. The maximum absolute atomic E-state index is 11.7. The highest BCUT2D eigenvalue weighted by molar-refractivity contribution is 5.77. The third-order valence-corrected chi connectivity index (χ3v) is 4.60. The smallest absolute Gasteiger partial charge is 0.311 e. The molecule has 2 N–H and O–H groups in total. The lowest BCUT2D eigenvalue weighted by Gasteiger charge is -2.23. The van der Waals surface area contributed by atoms with Crippen LogP contribution >= 0.6 is 0 Å². The van der Waals surface area contributed by atoms with Crippen molar-refractivity contribution in [1.82, 2.24) is 0 Å². The van der Waals surface area contributed by atoms with Gasteiger partial charge in [0.25, 0.3) is 0 Å². The number of aliphatic carboxylic acids is 1. The summed E-state index contributed by atoms with van der Waals surface area (Å²) in [4.78, 5) is 11.7. The first-order valence-electron chi connectivity index (χ1n) is 7.73. The van der Waals surface area contributed by atoms with Crippen molar-refractivity contribution in [3.05, 3.63) is 60.2 Å². The Labute approximate surface area is 130 Å². The Morgan fingerprint density at radius 3 is 2.14 bits per heavy atom. The molecule has 2 aromatic carbocycles. The molecule has 3 unspecified atom stereocenters. The van der Waals surface area contributed by atoms with Gasteiger partial charge in [-0.2, -0.15) is 0 Å². The van der Waals surface area contributed by atoms with Crippen molar-refractivity contribution in [2.45, 2.75) is 31.3 Å². The van der Waals surface area contributed by atoms with Gasteiger partial charge in [-0.1, -0.05) is 61.0 Å². The molecule has 1 aliphatic rings. The Morgan fingerprint density at radius 2 is 1.59 bits per heavy atom. The fourth-order valence-corrected chi connectivity index (χ4v) is 3.44. The molecule has 1 aliphatic carbocycles.